The Morgan fingerprint density at radius 3 is 2.19 bits per heavy atom. The van der Waals surface area contributed by atoms with Crippen LogP contribution < -0.4 is 5.32 Å². The topological polar surface area (TPSA) is 153 Å². The van der Waals surface area contributed by atoms with Crippen LogP contribution in [0.1, 0.15) is 35.0 Å². The molecule has 9 nitrogen and oxygen atoms in total. The molecule has 0 aliphatic carbocycles. The largest absolute Gasteiger partial charge is 0.478 e. The third-order valence-corrected chi connectivity index (χ3v) is 4.61. The molecule has 0 saturated heterocycles. The molecule has 1 unspecified atom stereocenters. The third kappa shape index (κ3) is 5.77. The number of amides is 1. The molecule has 0 bridgehead atoms. The van der Waals surface area contributed by atoms with Crippen molar-refractivity contribution in [1.29, 1.82) is 0 Å². The van der Waals surface area contributed by atoms with Gasteiger partial charge in [-0.25, -0.2) is 14.6 Å². The minimum absolute atomic E-state index is 0.113. The maximum atomic E-state index is 11.7. The molecule has 0 radical (unpaired) electrons. The lowest BCUT2D eigenvalue weighted by atomic mass is 9.87. The molecule has 0 saturated carbocycles. The molecular formula is C22H23N3O6. The van der Waals surface area contributed by atoms with E-state index < -0.39 is 17.5 Å². The molecule has 0 fully saturated rings. The molecule has 1 amide bonds. The van der Waals surface area contributed by atoms with Crippen LogP contribution in [0.2, 0.25) is 0 Å². The van der Waals surface area contributed by atoms with Gasteiger partial charge >= 0.3 is 11.9 Å². The number of nitrogens with one attached hydrogen (secondary N) is 2. The number of carbonyl (C=O) groups is 3. The van der Waals surface area contributed by atoms with Gasteiger partial charge < -0.3 is 25.6 Å². The molecule has 1 atom stereocenters. The van der Waals surface area contributed by atoms with Gasteiger partial charge in [-0.05, 0) is 41.0 Å². The second-order valence-electron chi connectivity index (χ2n) is 6.53. The highest BCUT2D eigenvalue weighted by Crippen LogP contribution is 2.33. The standard InChI is InChI=1S/C18H19N3O2.C4H4O4/c1-3-18(23,16-10-20-11-21-16)15-7-6-12-8-14(17(22)19-2)5-4-13(12)9-15;5-3(6)1-2-4(7)8/h4-11,23H,3H2,1-2H3,(H,19,22)(H,20,21);1-2H,(H,5,6)(H,7,8). The second kappa shape index (κ2) is 10.2. The number of aromatic amines is 1. The van der Waals surface area contributed by atoms with Crippen molar-refractivity contribution in [2.45, 2.75) is 18.9 Å². The van der Waals surface area contributed by atoms with Crippen LogP contribution in [0, 0.1) is 0 Å². The van der Waals surface area contributed by atoms with Gasteiger partial charge in [0.25, 0.3) is 5.91 Å². The summed E-state index contributed by atoms with van der Waals surface area (Å²) in [5.41, 5.74) is 0.868. The van der Waals surface area contributed by atoms with Crippen molar-refractivity contribution in [2.75, 3.05) is 7.05 Å². The second-order valence-corrected chi connectivity index (χ2v) is 6.53. The Kier molecular flexibility index (Phi) is 7.64. The quantitative estimate of drug-likeness (QED) is 0.380. The lowest BCUT2D eigenvalue weighted by Gasteiger charge is -2.25. The lowest BCUT2D eigenvalue weighted by Crippen LogP contribution is -2.26. The summed E-state index contributed by atoms with van der Waals surface area (Å²) >= 11 is 0. The fraction of sp³-hybridized carbons (Fsp3) is 0.182. The van der Waals surface area contributed by atoms with Crippen LogP contribution in [0.15, 0.2) is 61.1 Å². The van der Waals surface area contributed by atoms with Crippen molar-refractivity contribution < 1.29 is 29.7 Å². The van der Waals surface area contributed by atoms with Gasteiger partial charge in [-0.15, -0.1) is 0 Å². The van der Waals surface area contributed by atoms with Gasteiger partial charge in [0, 0.05) is 31.0 Å². The number of carboxylic acid groups (broad SMARTS) is 2. The number of aliphatic hydroxyl groups is 1. The van der Waals surface area contributed by atoms with Gasteiger partial charge in [0.15, 0.2) is 0 Å². The molecular weight excluding hydrogens is 402 g/mol. The van der Waals surface area contributed by atoms with Crippen molar-refractivity contribution >= 4 is 28.6 Å². The number of rotatable bonds is 6. The zero-order valence-corrected chi connectivity index (χ0v) is 17.0. The van der Waals surface area contributed by atoms with Crippen LogP contribution in [0.4, 0.5) is 0 Å². The highest BCUT2D eigenvalue weighted by atomic mass is 16.4. The van der Waals surface area contributed by atoms with Crippen LogP contribution in [-0.4, -0.2) is 50.2 Å². The number of hydrogen-bond donors (Lipinski definition) is 5. The third-order valence-electron chi connectivity index (χ3n) is 4.61. The van der Waals surface area contributed by atoms with Gasteiger partial charge in [-0.1, -0.05) is 25.1 Å². The smallest absolute Gasteiger partial charge is 0.328 e. The summed E-state index contributed by atoms with van der Waals surface area (Å²) in [4.78, 5) is 37.9. The fourth-order valence-corrected chi connectivity index (χ4v) is 2.95. The van der Waals surface area contributed by atoms with Crippen molar-refractivity contribution in [3.63, 3.8) is 0 Å². The molecule has 3 rings (SSSR count). The molecule has 3 aromatic rings. The summed E-state index contributed by atoms with van der Waals surface area (Å²) in [6, 6.07) is 11.3. The number of nitrogens with zero attached hydrogens (tertiary/aromatic N) is 1. The molecule has 9 heteroatoms. The van der Waals surface area contributed by atoms with Crippen LogP contribution >= 0.6 is 0 Å². The number of aromatic nitrogens is 2. The van der Waals surface area contributed by atoms with Crippen molar-refractivity contribution in [3.8, 4) is 0 Å². The van der Waals surface area contributed by atoms with Gasteiger partial charge in [0.2, 0.25) is 0 Å². The maximum Gasteiger partial charge on any atom is 0.328 e. The summed E-state index contributed by atoms with van der Waals surface area (Å²) in [6.45, 7) is 1.92. The normalized spacial score (nSPS) is 12.6. The molecule has 5 N–H and O–H groups in total. The number of carbonyl (C=O) groups excluding carboxylic acids is 1. The molecule has 2 aromatic carbocycles. The van der Waals surface area contributed by atoms with E-state index in [0.29, 0.717) is 29.8 Å². The van der Waals surface area contributed by atoms with E-state index in [1.807, 2.05) is 37.3 Å². The van der Waals surface area contributed by atoms with Gasteiger partial charge in [-0.2, -0.15) is 0 Å². The van der Waals surface area contributed by atoms with Gasteiger partial charge in [0.05, 0.1) is 12.0 Å². The molecule has 31 heavy (non-hydrogen) atoms. The first-order chi connectivity index (χ1) is 14.7. The minimum atomic E-state index is -1.26. The first-order valence-corrected chi connectivity index (χ1v) is 9.33. The summed E-state index contributed by atoms with van der Waals surface area (Å²) in [5, 5.41) is 31.2. The van der Waals surface area contributed by atoms with Crippen molar-refractivity contribution in [1.82, 2.24) is 15.3 Å². The average molecular weight is 425 g/mol. The summed E-state index contributed by atoms with van der Waals surface area (Å²) in [7, 11) is 1.61. The van der Waals surface area contributed by atoms with E-state index in [9.17, 15) is 19.5 Å². The zero-order chi connectivity index (χ0) is 23.0. The van der Waals surface area contributed by atoms with E-state index in [1.54, 1.807) is 25.6 Å². The van der Waals surface area contributed by atoms with Gasteiger partial charge in [-0.3, -0.25) is 4.79 Å². The Balaban J connectivity index is 0.000000366. The predicted octanol–water partition coefficient (Wildman–Crippen LogP) is 2.28. The van der Waals surface area contributed by atoms with E-state index in [2.05, 4.69) is 15.3 Å². The van der Waals surface area contributed by atoms with Crippen molar-refractivity contribution in [3.05, 3.63) is 77.9 Å². The number of fused-ring (bicyclic) bond motifs is 1. The van der Waals surface area contributed by atoms with Crippen LogP contribution in [-0.2, 0) is 15.2 Å². The molecule has 0 aliphatic heterocycles. The van der Waals surface area contributed by atoms with Crippen molar-refractivity contribution in [2.24, 2.45) is 0 Å². The lowest BCUT2D eigenvalue weighted by molar-refractivity contribution is -0.134. The van der Waals surface area contributed by atoms with E-state index in [-0.39, 0.29) is 5.91 Å². The summed E-state index contributed by atoms with van der Waals surface area (Å²) < 4.78 is 0. The SMILES string of the molecule is CCC(O)(c1ccc2cc(C(=O)NC)ccc2c1)c1c[nH]cn1.O=C(O)C=CC(=O)O. The predicted molar refractivity (Wildman–Crippen MR) is 114 cm³/mol. The highest BCUT2D eigenvalue weighted by Gasteiger charge is 2.31. The molecule has 0 aliphatic rings. The number of carboxylic acids is 2. The summed E-state index contributed by atoms with van der Waals surface area (Å²) in [5.74, 6) is -2.63. The van der Waals surface area contributed by atoms with Crippen LogP contribution in [0.25, 0.3) is 10.8 Å². The highest BCUT2D eigenvalue weighted by molar-refractivity contribution is 5.98. The number of benzene rings is 2. The Morgan fingerprint density at radius 2 is 1.68 bits per heavy atom. The van der Waals surface area contributed by atoms with Crippen LogP contribution in [0.3, 0.4) is 0 Å². The van der Waals surface area contributed by atoms with Gasteiger partial charge in [0.1, 0.15) is 5.60 Å². The maximum absolute atomic E-state index is 11.7. The van der Waals surface area contributed by atoms with Crippen LogP contribution in [0.5, 0.6) is 0 Å². The molecule has 1 heterocycles. The molecule has 1 aromatic heterocycles. The first kappa shape index (κ1) is 23.3. The first-order valence-electron chi connectivity index (χ1n) is 9.33. The molecule has 0 spiro atoms. The van der Waals surface area contributed by atoms with E-state index in [1.165, 1.54) is 0 Å². The number of aliphatic carboxylic acids is 2. The fourth-order valence-electron chi connectivity index (χ4n) is 2.95. The monoisotopic (exact) mass is 425 g/mol. The average Bonchev–Trinajstić information content (AvgIpc) is 3.32. The minimum Gasteiger partial charge on any atom is -0.478 e. The summed E-state index contributed by atoms with van der Waals surface area (Å²) in [6.07, 6.45) is 4.90. The Morgan fingerprint density at radius 1 is 1.06 bits per heavy atom. The Bertz CT molecular complexity index is 1090. The van der Waals surface area contributed by atoms with E-state index >= 15 is 0 Å². The Hall–Kier alpha value is -3.98. The number of hydrogen-bond acceptors (Lipinski definition) is 5. The number of imidazole rings is 1. The molecule has 162 valence electrons. The Labute approximate surface area is 178 Å². The van der Waals surface area contributed by atoms with E-state index in [0.717, 1.165) is 16.3 Å². The van der Waals surface area contributed by atoms with E-state index in [4.69, 9.17) is 10.2 Å². The zero-order valence-electron chi connectivity index (χ0n) is 17.0. The number of H-pyrrole nitrogens is 1.